The summed E-state index contributed by atoms with van der Waals surface area (Å²) in [5.74, 6) is 2.47. The second-order valence-corrected chi connectivity index (χ2v) is 5.95. The minimum Gasteiger partial charge on any atom is -0.342 e. The monoisotopic (exact) mass is 317 g/mol. The summed E-state index contributed by atoms with van der Waals surface area (Å²) in [7, 11) is 3.81. The van der Waals surface area contributed by atoms with Gasteiger partial charge in [-0.3, -0.25) is 4.79 Å². The van der Waals surface area contributed by atoms with Crippen LogP contribution in [0.5, 0.6) is 0 Å². The summed E-state index contributed by atoms with van der Waals surface area (Å²) in [6, 6.07) is 0. The van der Waals surface area contributed by atoms with Crippen molar-refractivity contribution < 1.29 is 4.79 Å². The van der Waals surface area contributed by atoms with Gasteiger partial charge in [0, 0.05) is 38.4 Å². The normalized spacial score (nSPS) is 16.0. The van der Waals surface area contributed by atoms with Gasteiger partial charge in [0.05, 0.1) is 19.4 Å². The van der Waals surface area contributed by atoms with Crippen molar-refractivity contribution in [1.29, 1.82) is 0 Å². The average molecular weight is 317 g/mol. The molecule has 1 N–H and O–H groups in total. The molecule has 2 aromatic heterocycles. The zero-order valence-electron chi connectivity index (χ0n) is 13.6. The fourth-order valence-corrected chi connectivity index (χ4v) is 3.06. The number of nitrogens with one attached hydrogen (secondary N) is 1. The van der Waals surface area contributed by atoms with Gasteiger partial charge in [-0.1, -0.05) is 0 Å². The zero-order valence-corrected chi connectivity index (χ0v) is 13.6. The standard InChI is InChI=1S/C15H23N7O/c1-16-9-14(23)22-6-3-12(4-7-22)15-19-18-13(20(15)2)10-21-8-5-17-11-21/h5,8,11-12,16H,3-4,6-7,9-10H2,1-2H3. The molecule has 0 spiro atoms. The van der Waals surface area contributed by atoms with Gasteiger partial charge >= 0.3 is 0 Å². The van der Waals surface area contributed by atoms with Crippen LogP contribution in [0, 0.1) is 0 Å². The Morgan fingerprint density at radius 3 is 2.78 bits per heavy atom. The van der Waals surface area contributed by atoms with Gasteiger partial charge in [0.2, 0.25) is 5.91 Å². The van der Waals surface area contributed by atoms with E-state index in [2.05, 4.69) is 25.1 Å². The molecular formula is C15H23N7O. The molecule has 124 valence electrons. The maximum absolute atomic E-state index is 11.9. The van der Waals surface area contributed by atoms with Crippen LogP contribution >= 0.6 is 0 Å². The molecule has 0 atom stereocenters. The largest absolute Gasteiger partial charge is 0.342 e. The zero-order chi connectivity index (χ0) is 16.2. The van der Waals surface area contributed by atoms with Gasteiger partial charge in [0.15, 0.2) is 5.82 Å². The number of hydrogen-bond donors (Lipinski definition) is 1. The number of carbonyl (C=O) groups excluding carboxylic acids is 1. The van der Waals surface area contributed by atoms with Gasteiger partial charge in [-0.05, 0) is 19.9 Å². The number of piperidine rings is 1. The fraction of sp³-hybridized carbons (Fsp3) is 0.600. The summed E-state index contributed by atoms with van der Waals surface area (Å²) >= 11 is 0. The van der Waals surface area contributed by atoms with E-state index < -0.39 is 0 Å². The molecule has 1 saturated heterocycles. The Morgan fingerprint density at radius 1 is 1.35 bits per heavy atom. The van der Waals surface area contributed by atoms with Crippen LogP contribution in [0.1, 0.15) is 30.4 Å². The summed E-state index contributed by atoms with van der Waals surface area (Å²) in [5, 5.41) is 11.6. The third-order valence-electron chi connectivity index (χ3n) is 4.42. The highest BCUT2D eigenvalue weighted by Crippen LogP contribution is 2.26. The van der Waals surface area contributed by atoms with E-state index in [1.165, 1.54) is 0 Å². The molecule has 0 saturated carbocycles. The number of amides is 1. The Kier molecular flexibility index (Phi) is 4.71. The number of rotatable bonds is 5. The second kappa shape index (κ2) is 6.91. The third-order valence-corrected chi connectivity index (χ3v) is 4.42. The summed E-state index contributed by atoms with van der Waals surface area (Å²) in [5.41, 5.74) is 0. The number of aromatic nitrogens is 5. The molecule has 2 aromatic rings. The maximum atomic E-state index is 11.9. The Bertz CT molecular complexity index is 641. The van der Waals surface area contributed by atoms with Crippen LogP contribution in [0.15, 0.2) is 18.7 Å². The molecule has 8 nitrogen and oxygen atoms in total. The molecule has 0 aliphatic carbocycles. The quantitative estimate of drug-likeness (QED) is 0.838. The van der Waals surface area contributed by atoms with Crippen LogP contribution in [0.25, 0.3) is 0 Å². The smallest absolute Gasteiger partial charge is 0.236 e. The van der Waals surface area contributed by atoms with Crippen molar-refractivity contribution in [2.45, 2.75) is 25.3 Å². The number of likely N-dealkylation sites (N-methyl/N-ethyl adjacent to an activating group) is 1. The highest BCUT2D eigenvalue weighted by atomic mass is 16.2. The van der Waals surface area contributed by atoms with Crippen molar-refractivity contribution in [2.24, 2.45) is 7.05 Å². The first-order chi connectivity index (χ1) is 11.2. The van der Waals surface area contributed by atoms with Gasteiger partial charge in [0.25, 0.3) is 0 Å². The first kappa shape index (κ1) is 15.7. The van der Waals surface area contributed by atoms with E-state index in [-0.39, 0.29) is 5.91 Å². The molecule has 0 unspecified atom stereocenters. The Labute approximate surface area is 135 Å². The van der Waals surface area contributed by atoms with Crippen LogP contribution in [0.3, 0.4) is 0 Å². The first-order valence-corrected chi connectivity index (χ1v) is 7.95. The number of hydrogen-bond acceptors (Lipinski definition) is 5. The second-order valence-electron chi connectivity index (χ2n) is 5.95. The predicted molar refractivity (Wildman–Crippen MR) is 84.8 cm³/mol. The Balaban J connectivity index is 1.62. The number of likely N-dealkylation sites (tertiary alicyclic amines) is 1. The Morgan fingerprint density at radius 2 is 2.13 bits per heavy atom. The summed E-state index contributed by atoms with van der Waals surface area (Å²) < 4.78 is 4.06. The van der Waals surface area contributed by atoms with E-state index in [0.29, 0.717) is 19.0 Å². The number of imidazole rings is 1. The van der Waals surface area contributed by atoms with Crippen LogP contribution in [-0.2, 0) is 18.4 Å². The van der Waals surface area contributed by atoms with E-state index in [0.717, 1.165) is 37.6 Å². The topological polar surface area (TPSA) is 80.9 Å². The van der Waals surface area contributed by atoms with Gasteiger partial charge in [0.1, 0.15) is 5.82 Å². The molecule has 23 heavy (non-hydrogen) atoms. The lowest BCUT2D eigenvalue weighted by molar-refractivity contribution is -0.131. The van der Waals surface area contributed by atoms with Crippen LogP contribution in [0.4, 0.5) is 0 Å². The lowest BCUT2D eigenvalue weighted by Gasteiger charge is -2.31. The summed E-state index contributed by atoms with van der Waals surface area (Å²) in [4.78, 5) is 17.9. The van der Waals surface area contributed by atoms with Crippen molar-refractivity contribution in [2.75, 3.05) is 26.7 Å². The van der Waals surface area contributed by atoms with Gasteiger partial charge in [-0.2, -0.15) is 0 Å². The third kappa shape index (κ3) is 3.42. The molecule has 3 heterocycles. The lowest BCUT2D eigenvalue weighted by atomic mass is 9.96. The molecule has 0 aromatic carbocycles. The van der Waals surface area contributed by atoms with Gasteiger partial charge in [-0.25, -0.2) is 4.98 Å². The fourth-order valence-electron chi connectivity index (χ4n) is 3.06. The summed E-state index contributed by atoms with van der Waals surface area (Å²) in [6.07, 6.45) is 7.33. The van der Waals surface area contributed by atoms with E-state index in [9.17, 15) is 4.79 Å². The summed E-state index contributed by atoms with van der Waals surface area (Å²) in [6.45, 7) is 2.65. The highest BCUT2D eigenvalue weighted by Gasteiger charge is 2.27. The minimum atomic E-state index is 0.171. The van der Waals surface area contributed by atoms with Crippen LogP contribution in [-0.4, -0.2) is 61.8 Å². The first-order valence-electron chi connectivity index (χ1n) is 7.95. The molecule has 8 heteroatoms. The van der Waals surface area contributed by atoms with E-state index in [1.807, 2.05) is 22.7 Å². The predicted octanol–water partition coefficient (Wildman–Crippen LogP) is -0.0147. The lowest BCUT2D eigenvalue weighted by Crippen LogP contribution is -2.42. The van der Waals surface area contributed by atoms with Crippen molar-refractivity contribution in [3.63, 3.8) is 0 Å². The van der Waals surface area contributed by atoms with Gasteiger partial charge in [-0.15, -0.1) is 10.2 Å². The van der Waals surface area contributed by atoms with Crippen LogP contribution < -0.4 is 5.32 Å². The molecule has 1 amide bonds. The van der Waals surface area contributed by atoms with E-state index >= 15 is 0 Å². The minimum absolute atomic E-state index is 0.171. The maximum Gasteiger partial charge on any atom is 0.236 e. The SMILES string of the molecule is CNCC(=O)N1CCC(c2nnc(Cn3ccnc3)n2C)CC1. The van der Waals surface area contributed by atoms with Crippen molar-refractivity contribution in [3.8, 4) is 0 Å². The van der Waals surface area contributed by atoms with Crippen LogP contribution in [0.2, 0.25) is 0 Å². The number of nitrogens with zero attached hydrogens (tertiary/aromatic N) is 6. The average Bonchev–Trinajstić information content (AvgIpc) is 3.19. The molecule has 0 bridgehead atoms. The van der Waals surface area contributed by atoms with Crippen molar-refractivity contribution >= 4 is 5.91 Å². The molecule has 1 aliphatic heterocycles. The molecule has 1 aliphatic rings. The number of carbonyl (C=O) groups is 1. The molecular weight excluding hydrogens is 294 g/mol. The molecule has 1 fully saturated rings. The van der Waals surface area contributed by atoms with E-state index in [1.54, 1.807) is 19.6 Å². The van der Waals surface area contributed by atoms with Gasteiger partial charge < -0.3 is 19.4 Å². The van der Waals surface area contributed by atoms with Crippen molar-refractivity contribution in [3.05, 3.63) is 30.4 Å². The Hall–Kier alpha value is -2.22. The molecule has 3 rings (SSSR count). The highest BCUT2D eigenvalue weighted by molar-refractivity contribution is 5.78. The van der Waals surface area contributed by atoms with Crippen molar-refractivity contribution in [1.82, 2.24) is 34.5 Å². The van der Waals surface area contributed by atoms with E-state index in [4.69, 9.17) is 0 Å². The molecule has 0 radical (unpaired) electrons.